The zero-order valence-corrected chi connectivity index (χ0v) is 13.3. The van der Waals surface area contributed by atoms with Gasteiger partial charge in [0.25, 0.3) is 0 Å². The molecule has 0 saturated heterocycles. The highest BCUT2D eigenvalue weighted by Gasteiger charge is 2.25. The summed E-state index contributed by atoms with van der Waals surface area (Å²) in [5.74, 6) is -1.20. The number of phenols is 2. The van der Waals surface area contributed by atoms with Gasteiger partial charge in [-0.25, -0.2) is 4.79 Å². The van der Waals surface area contributed by atoms with E-state index in [9.17, 15) is 15.0 Å². The fourth-order valence-electron chi connectivity index (χ4n) is 1.93. The van der Waals surface area contributed by atoms with Gasteiger partial charge in [-0.05, 0) is 24.3 Å². The Morgan fingerprint density at radius 1 is 1.00 bits per heavy atom. The Morgan fingerprint density at radius 2 is 1.67 bits per heavy atom. The van der Waals surface area contributed by atoms with Gasteiger partial charge in [0.05, 0.1) is 27.0 Å². The molecule has 0 aliphatic rings. The van der Waals surface area contributed by atoms with Crippen LogP contribution < -0.4 is 9.47 Å². The number of phenolic OH excluding ortho intramolecular Hbond substituents is 2. The van der Waals surface area contributed by atoms with Gasteiger partial charge in [-0.2, -0.15) is 5.11 Å². The van der Waals surface area contributed by atoms with Crippen molar-refractivity contribution in [1.82, 2.24) is 0 Å². The van der Waals surface area contributed by atoms with E-state index in [2.05, 4.69) is 15.0 Å². The third-order valence-electron chi connectivity index (χ3n) is 3.16. The number of esters is 1. The van der Waals surface area contributed by atoms with Crippen LogP contribution in [0, 0.1) is 0 Å². The smallest absolute Gasteiger partial charge is 0.344 e. The van der Waals surface area contributed by atoms with E-state index in [1.54, 1.807) is 24.3 Å². The summed E-state index contributed by atoms with van der Waals surface area (Å²) in [5.41, 5.74) is -0.107. The lowest BCUT2D eigenvalue weighted by atomic mass is 10.1. The molecule has 2 N–H and O–H groups in total. The predicted octanol–water partition coefficient (Wildman–Crippen LogP) is 3.32. The standard InChI is InChI=1S/C16H16N2O6/c1-22-10-6-4-9(5-7-10)17-18-14-11(19)8-12(23-2)15(20)13(14)16(21)24-3/h4-8,19-20H,1-3H3. The minimum atomic E-state index is -0.884. The molecule has 0 fully saturated rings. The Hall–Kier alpha value is -3.29. The number of benzene rings is 2. The molecule has 126 valence electrons. The van der Waals surface area contributed by atoms with Gasteiger partial charge < -0.3 is 24.4 Å². The third-order valence-corrected chi connectivity index (χ3v) is 3.16. The van der Waals surface area contributed by atoms with E-state index in [0.717, 1.165) is 13.2 Å². The average molecular weight is 332 g/mol. The first kappa shape index (κ1) is 17.1. The summed E-state index contributed by atoms with van der Waals surface area (Å²) in [6.07, 6.45) is 0. The lowest BCUT2D eigenvalue weighted by Crippen LogP contribution is -2.03. The maximum Gasteiger partial charge on any atom is 0.344 e. The van der Waals surface area contributed by atoms with Crippen LogP contribution in [0.2, 0.25) is 0 Å². The third kappa shape index (κ3) is 3.37. The summed E-state index contributed by atoms with van der Waals surface area (Å²) in [4.78, 5) is 11.9. The lowest BCUT2D eigenvalue weighted by molar-refractivity contribution is 0.0597. The van der Waals surface area contributed by atoms with Crippen molar-refractivity contribution in [2.24, 2.45) is 10.2 Å². The van der Waals surface area contributed by atoms with Crippen LogP contribution in [0.25, 0.3) is 0 Å². The van der Waals surface area contributed by atoms with E-state index in [1.165, 1.54) is 14.2 Å². The Labute approximate surface area is 137 Å². The number of aromatic hydroxyl groups is 2. The number of ether oxygens (including phenoxy) is 3. The number of hydrogen-bond acceptors (Lipinski definition) is 8. The second-order valence-electron chi connectivity index (χ2n) is 4.56. The van der Waals surface area contributed by atoms with Gasteiger partial charge in [0.15, 0.2) is 11.5 Å². The molecule has 0 unspecified atom stereocenters. The largest absolute Gasteiger partial charge is 0.505 e. The van der Waals surface area contributed by atoms with Crippen LogP contribution >= 0.6 is 0 Å². The molecule has 0 spiro atoms. The molecule has 0 aliphatic carbocycles. The van der Waals surface area contributed by atoms with E-state index < -0.39 is 11.7 Å². The fraction of sp³-hybridized carbons (Fsp3) is 0.188. The van der Waals surface area contributed by atoms with Crippen molar-refractivity contribution in [2.45, 2.75) is 0 Å². The number of hydrogen-bond donors (Lipinski definition) is 2. The van der Waals surface area contributed by atoms with Crippen molar-refractivity contribution in [2.75, 3.05) is 21.3 Å². The molecule has 0 heterocycles. The van der Waals surface area contributed by atoms with Gasteiger partial charge in [0.1, 0.15) is 22.7 Å². The van der Waals surface area contributed by atoms with E-state index >= 15 is 0 Å². The number of azo groups is 1. The van der Waals surface area contributed by atoms with Crippen molar-refractivity contribution in [3.8, 4) is 23.0 Å². The Morgan fingerprint density at radius 3 is 2.21 bits per heavy atom. The minimum Gasteiger partial charge on any atom is -0.505 e. The Kier molecular flexibility index (Phi) is 5.20. The van der Waals surface area contributed by atoms with Crippen molar-refractivity contribution in [3.05, 3.63) is 35.9 Å². The molecule has 0 aliphatic heterocycles. The molecule has 8 heteroatoms. The van der Waals surface area contributed by atoms with Gasteiger partial charge in [0.2, 0.25) is 0 Å². The molecule has 2 aromatic carbocycles. The maximum absolute atomic E-state index is 11.9. The van der Waals surface area contributed by atoms with E-state index in [0.29, 0.717) is 11.4 Å². The molecule has 24 heavy (non-hydrogen) atoms. The normalized spacial score (nSPS) is 10.6. The molecule has 0 radical (unpaired) electrons. The van der Waals surface area contributed by atoms with Gasteiger partial charge in [0, 0.05) is 6.07 Å². The number of rotatable bonds is 5. The first-order valence-corrected chi connectivity index (χ1v) is 6.78. The first-order chi connectivity index (χ1) is 11.5. The molecule has 2 aromatic rings. The summed E-state index contributed by atoms with van der Waals surface area (Å²) in [5, 5.41) is 28.0. The Balaban J connectivity index is 2.49. The predicted molar refractivity (Wildman–Crippen MR) is 84.8 cm³/mol. The molecular weight excluding hydrogens is 316 g/mol. The molecule has 8 nitrogen and oxygen atoms in total. The summed E-state index contributed by atoms with van der Waals surface area (Å²) in [7, 11) is 3.97. The number of nitrogens with zero attached hydrogens (tertiary/aromatic N) is 2. The van der Waals surface area contributed by atoms with Gasteiger partial charge in [-0.1, -0.05) is 0 Å². The second kappa shape index (κ2) is 7.32. The summed E-state index contributed by atoms with van der Waals surface area (Å²) in [6.45, 7) is 0. The van der Waals surface area contributed by atoms with Crippen LogP contribution in [-0.2, 0) is 4.74 Å². The zero-order valence-electron chi connectivity index (χ0n) is 13.3. The quantitative estimate of drug-likeness (QED) is 0.494. The van der Waals surface area contributed by atoms with Gasteiger partial charge >= 0.3 is 5.97 Å². The van der Waals surface area contributed by atoms with Crippen molar-refractivity contribution < 1.29 is 29.2 Å². The molecule has 0 amide bonds. The number of carbonyl (C=O) groups is 1. The van der Waals surface area contributed by atoms with Crippen molar-refractivity contribution in [3.63, 3.8) is 0 Å². The van der Waals surface area contributed by atoms with Crippen LogP contribution in [0.15, 0.2) is 40.6 Å². The minimum absolute atomic E-state index is 0.0868. The van der Waals surface area contributed by atoms with Crippen molar-refractivity contribution in [1.29, 1.82) is 0 Å². The number of carbonyl (C=O) groups excluding carboxylic acids is 1. The van der Waals surface area contributed by atoms with Crippen LogP contribution in [0.5, 0.6) is 23.0 Å². The first-order valence-electron chi connectivity index (χ1n) is 6.78. The fourth-order valence-corrected chi connectivity index (χ4v) is 1.93. The van der Waals surface area contributed by atoms with Crippen LogP contribution in [0.4, 0.5) is 11.4 Å². The van der Waals surface area contributed by atoms with E-state index in [-0.39, 0.29) is 22.7 Å². The van der Waals surface area contributed by atoms with Crippen LogP contribution in [-0.4, -0.2) is 37.5 Å². The van der Waals surface area contributed by atoms with Crippen LogP contribution in [0.3, 0.4) is 0 Å². The van der Waals surface area contributed by atoms with E-state index in [4.69, 9.17) is 9.47 Å². The second-order valence-corrected chi connectivity index (χ2v) is 4.56. The summed E-state index contributed by atoms with van der Waals surface area (Å²) < 4.78 is 14.5. The van der Waals surface area contributed by atoms with E-state index in [1.807, 2.05) is 0 Å². The van der Waals surface area contributed by atoms with Crippen molar-refractivity contribution >= 4 is 17.3 Å². The summed E-state index contributed by atoms with van der Waals surface area (Å²) >= 11 is 0. The number of methoxy groups -OCH3 is 3. The molecule has 0 aromatic heterocycles. The molecule has 0 saturated carbocycles. The monoisotopic (exact) mass is 332 g/mol. The molecular formula is C16H16N2O6. The lowest BCUT2D eigenvalue weighted by Gasteiger charge is -2.11. The topological polar surface area (TPSA) is 110 Å². The van der Waals surface area contributed by atoms with Gasteiger partial charge in [-0.15, -0.1) is 5.11 Å². The summed E-state index contributed by atoms with van der Waals surface area (Å²) in [6, 6.07) is 7.77. The SMILES string of the molecule is COC(=O)c1c(O)c(OC)cc(O)c1N=Nc1ccc(OC)cc1. The highest BCUT2D eigenvalue weighted by atomic mass is 16.5. The zero-order chi connectivity index (χ0) is 17.7. The maximum atomic E-state index is 11.9. The molecule has 0 bridgehead atoms. The average Bonchev–Trinajstić information content (AvgIpc) is 2.61. The highest BCUT2D eigenvalue weighted by molar-refractivity contribution is 6.00. The molecule has 0 atom stereocenters. The highest BCUT2D eigenvalue weighted by Crippen LogP contribution is 2.44. The van der Waals surface area contributed by atoms with Gasteiger partial charge in [-0.3, -0.25) is 0 Å². The van der Waals surface area contributed by atoms with Crippen LogP contribution in [0.1, 0.15) is 10.4 Å². The Bertz CT molecular complexity index is 771. The molecule has 2 rings (SSSR count).